The third-order valence-corrected chi connectivity index (χ3v) is 2.58. The Kier molecular flexibility index (Phi) is 1.61. The minimum absolute atomic E-state index is 0.130. The van der Waals surface area contributed by atoms with Crippen molar-refractivity contribution in [1.82, 2.24) is 14.4 Å². The van der Waals surface area contributed by atoms with Crippen LogP contribution in [0.2, 0.25) is 5.02 Å². The molecule has 15 heavy (non-hydrogen) atoms. The van der Waals surface area contributed by atoms with Crippen molar-refractivity contribution in [2.75, 3.05) is 0 Å². The predicted octanol–water partition coefficient (Wildman–Crippen LogP) is 1.83. The molecule has 0 bridgehead atoms. The van der Waals surface area contributed by atoms with Crippen molar-refractivity contribution in [3.05, 3.63) is 46.1 Å². The topological polar surface area (TPSA) is 50.2 Å². The first-order chi connectivity index (χ1) is 7.25. The highest BCUT2D eigenvalue weighted by molar-refractivity contribution is 6.31. The predicted molar refractivity (Wildman–Crippen MR) is 58.3 cm³/mol. The third kappa shape index (κ3) is 1.15. The van der Waals surface area contributed by atoms with Crippen LogP contribution in [0.3, 0.4) is 0 Å². The maximum absolute atomic E-state index is 11.7. The summed E-state index contributed by atoms with van der Waals surface area (Å²) in [4.78, 5) is 18.4. The zero-order valence-corrected chi connectivity index (χ0v) is 8.32. The molecule has 2 aromatic heterocycles. The molecule has 0 saturated heterocycles. The number of aromatic nitrogens is 3. The van der Waals surface area contributed by atoms with Gasteiger partial charge in [0.2, 0.25) is 0 Å². The molecule has 1 N–H and O–H groups in total. The number of halogens is 1. The van der Waals surface area contributed by atoms with E-state index in [0.29, 0.717) is 16.1 Å². The normalized spacial score (nSPS) is 11.3. The molecule has 3 aromatic rings. The summed E-state index contributed by atoms with van der Waals surface area (Å²) in [6.07, 6.45) is 3.24. The second kappa shape index (κ2) is 2.84. The van der Waals surface area contributed by atoms with E-state index in [4.69, 9.17) is 11.6 Å². The van der Waals surface area contributed by atoms with Gasteiger partial charge in [-0.25, -0.2) is 4.98 Å². The van der Waals surface area contributed by atoms with Crippen LogP contribution in [0, 0.1) is 0 Å². The van der Waals surface area contributed by atoms with E-state index in [1.807, 2.05) is 0 Å². The van der Waals surface area contributed by atoms with Gasteiger partial charge in [0.1, 0.15) is 12.0 Å². The Labute approximate surface area is 89.1 Å². The van der Waals surface area contributed by atoms with E-state index in [9.17, 15) is 4.79 Å². The number of benzene rings is 1. The Morgan fingerprint density at radius 1 is 1.40 bits per heavy atom. The molecule has 0 aliphatic heterocycles. The van der Waals surface area contributed by atoms with Gasteiger partial charge in [0, 0.05) is 5.02 Å². The van der Waals surface area contributed by atoms with Gasteiger partial charge in [-0.2, -0.15) is 0 Å². The van der Waals surface area contributed by atoms with Crippen LogP contribution in [0.15, 0.2) is 35.5 Å². The van der Waals surface area contributed by atoms with Crippen molar-refractivity contribution in [2.24, 2.45) is 0 Å². The van der Waals surface area contributed by atoms with E-state index < -0.39 is 0 Å². The largest absolute Gasteiger partial charge is 0.306 e. The molecular formula is C10H6ClN3O. The van der Waals surface area contributed by atoms with E-state index in [1.54, 1.807) is 35.1 Å². The highest BCUT2D eigenvalue weighted by Gasteiger charge is 2.04. The molecule has 1 aromatic carbocycles. The van der Waals surface area contributed by atoms with E-state index >= 15 is 0 Å². The summed E-state index contributed by atoms with van der Waals surface area (Å²) < 4.78 is 1.79. The molecule has 2 heterocycles. The zero-order valence-electron chi connectivity index (χ0n) is 7.57. The summed E-state index contributed by atoms with van der Waals surface area (Å²) in [5.74, 6) is 0. The lowest BCUT2D eigenvalue weighted by Gasteiger charge is -2.01. The Balaban J connectivity index is 2.69. The molecule has 5 heteroatoms. The summed E-state index contributed by atoms with van der Waals surface area (Å²) in [5.41, 5.74) is 1.29. The highest BCUT2D eigenvalue weighted by atomic mass is 35.5. The number of rotatable bonds is 0. The van der Waals surface area contributed by atoms with Gasteiger partial charge in [0.05, 0.1) is 17.1 Å². The molecule has 74 valence electrons. The first-order valence-electron chi connectivity index (χ1n) is 4.39. The van der Waals surface area contributed by atoms with Crippen LogP contribution < -0.4 is 5.56 Å². The molecular weight excluding hydrogens is 214 g/mol. The molecule has 0 fully saturated rings. The summed E-state index contributed by atoms with van der Waals surface area (Å²) in [6, 6.07) is 5.15. The van der Waals surface area contributed by atoms with Gasteiger partial charge in [0.15, 0.2) is 0 Å². The summed E-state index contributed by atoms with van der Waals surface area (Å²) in [7, 11) is 0. The number of imidazole rings is 1. The van der Waals surface area contributed by atoms with E-state index in [0.717, 1.165) is 5.52 Å². The van der Waals surface area contributed by atoms with Crippen molar-refractivity contribution in [3.8, 4) is 0 Å². The van der Waals surface area contributed by atoms with Gasteiger partial charge in [0.25, 0.3) is 5.56 Å². The summed E-state index contributed by atoms with van der Waals surface area (Å²) in [5, 5.41) is 1.20. The number of hydrogen-bond donors (Lipinski definition) is 1. The molecule has 0 unspecified atom stereocenters. The lowest BCUT2D eigenvalue weighted by atomic mass is 10.2. The third-order valence-electron chi connectivity index (χ3n) is 2.34. The molecule has 4 nitrogen and oxygen atoms in total. The van der Waals surface area contributed by atoms with E-state index in [-0.39, 0.29) is 5.56 Å². The summed E-state index contributed by atoms with van der Waals surface area (Å²) >= 11 is 5.89. The Morgan fingerprint density at radius 2 is 2.27 bits per heavy atom. The number of nitrogens with zero attached hydrogens (tertiary/aromatic N) is 2. The van der Waals surface area contributed by atoms with Gasteiger partial charge < -0.3 is 4.98 Å². The van der Waals surface area contributed by atoms with Gasteiger partial charge in [-0.1, -0.05) is 11.6 Å². The SMILES string of the molecule is O=c1[nH]c2cncn2c2cc(Cl)ccc12. The van der Waals surface area contributed by atoms with Gasteiger partial charge in [-0.15, -0.1) is 0 Å². The van der Waals surface area contributed by atoms with Crippen molar-refractivity contribution < 1.29 is 0 Å². The monoisotopic (exact) mass is 219 g/mol. The maximum Gasteiger partial charge on any atom is 0.258 e. The maximum atomic E-state index is 11.7. The number of H-pyrrole nitrogens is 1. The molecule has 0 aliphatic carbocycles. The zero-order chi connectivity index (χ0) is 10.4. The van der Waals surface area contributed by atoms with Gasteiger partial charge in [-0.05, 0) is 18.2 Å². The van der Waals surface area contributed by atoms with Crippen LogP contribution in [0.4, 0.5) is 0 Å². The van der Waals surface area contributed by atoms with Crippen LogP contribution in [-0.4, -0.2) is 14.4 Å². The van der Waals surface area contributed by atoms with Crippen LogP contribution in [-0.2, 0) is 0 Å². The Morgan fingerprint density at radius 3 is 3.13 bits per heavy atom. The fourth-order valence-electron chi connectivity index (χ4n) is 1.66. The second-order valence-electron chi connectivity index (χ2n) is 3.26. The quantitative estimate of drug-likeness (QED) is 0.627. The molecule has 0 saturated carbocycles. The number of nitrogens with one attached hydrogen (secondary N) is 1. The minimum Gasteiger partial charge on any atom is -0.306 e. The smallest absolute Gasteiger partial charge is 0.258 e. The van der Waals surface area contributed by atoms with Gasteiger partial charge in [-0.3, -0.25) is 9.20 Å². The molecule has 0 spiro atoms. The van der Waals surface area contributed by atoms with Crippen molar-refractivity contribution in [2.45, 2.75) is 0 Å². The fourth-order valence-corrected chi connectivity index (χ4v) is 1.83. The second-order valence-corrected chi connectivity index (χ2v) is 3.70. The average molecular weight is 220 g/mol. The number of aromatic amines is 1. The van der Waals surface area contributed by atoms with Crippen LogP contribution in [0.5, 0.6) is 0 Å². The Hall–Kier alpha value is -1.81. The molecule has 0 atom stereocenters. The molecule has 3 rings (SSSR count). The first-order valence-corrected chi connectivity index (χ1v) is 4.77. The summed E-state index contributed by atoms with van der Waals surface area (Å²) in [6.45, 7) is 0. The van der Waals surface area contributed by atoms with E-state index in [1.165, 1.54) is 0 Å². The highest BCUT2D eigenvalue weighted by Crippen LogP contribution is 2.16. The van der Waals surface area contributed by atoms with Crippen molar-refractivity contribution in [3.63, 3.8) is 0 Å². The standard InChI is InChI=1S/C10H6ClN3O/c11-6-1-2-7-8(3-6)14-5-12-4-9(14)13-10(7)15/h1-5H,(H,13,15). The lowest BCUT2D eigenvalue weighted by molar-refractivity contribution is 1.15. The van der Waals surface area contributed by atoms with Gasteiger partial charge >= 0.3 is 0 Å². The van der Waals surface area contributed by atoms with E-state index in [2.05, 4.69) is 9.97 Å². The minimum atomic E-state index is -0.130. The molecule has 0 radical (unpaired) electrons. The van der Waals surface area contributed by atoms with Crippen LogP contribution >= 0.6 is 11.6 Å². The fraction of sp³-hybridized carbons (Fsp3) is 0. The van der Waals surface area contributed by atoms with Crippen LogP contribution in [0.1, 0.15) is 0 Å². The number of hydrogen-bond acceptors (Lipinski definition) is 2. The Bertz CT molecular complexity index is 713. The first kappa shape index (κ1) is 8.49. The number of fused-ring (bicyclic) bond motifs is 3. The molecule has 0 aliphatic rings. The lowest BCUT2D eigenvalue weighted by Crippen LogP contribution is -2.08. The average Bonchev–Trinajstić information content (AvgIpc) is 2.65. The van der Waals surface area contributed by atoms with Crippen LogP contribution in [0.25, 0.3) is 16.6 Å². The van der Waals surface area contributed by atoms with Crippen molar-refractivity contribution >= 4 is 28.2 Å². The molecule has 0 amide bonds. The van der Waals surface area contributed by atoms with Crippen molar-refractivity contribution in [1.29, 1.82) is 0 Å².